The van der Waals surface area contributed by atoms with Gasteiger partial charge in [-0.15, -0.1) is 0 Å². The predicted molar refractivity (Wildman–Crippen MR) is 72.7 cm³/mol. The first kappa shape index (κ1) is 15.6. The molecular weight excluding hydrogens is 337 g/mol. The molecule has 2 rings (SSSR count). The molecule has 0 aromatic heterocycles. The molecule has 1 unspecified atom stereocenters. The monoisotopic (exact) mass is 352 g/mol. The van der Waals surface area contributed by atoms with E-state index < -0.39 is 24.3 Å². The van der Waals surface area contributed by atoms with Crippen molar-refractivity contribution in [3.05, 3.63) is 28.2 Å². The molecule has 20 heavy (non-hydrogen) atoms. The van der Waals surface area contributed by atoms with E-state index >= 15 is 0 Å². The van der Waals surface area contributed by atoms with E-state index in [0.29, 0.717) is 17.7 Å². The molecule has 1 heterocycles. The summed E-state index contributed by atoms with van der Waals surface area (Å²) in [5.74, 6) is 0.535. The van der Waals surface area contributed by atoms with Gasteiger partial charge in [-0.2, -0.15) is 13.2 Å². The average molecular weight is 353 g/mol. The molecule has 0 amide bonds. The number of fused-ring (bicyclic) bond motifs is 1. The van der Waals surface area contributed by atoms with Gasteiger partial charge in [0.15, 0.2) is 0 Å². The summed E-state index contributed by atoms with van der Waals surface area (Å²) in [4.78, 5) is 0. The predicted octanol–water partition coefficient (Wildman–Crippen LogP) is 4.76. The SMILES string of the molecule is CC1(CCCC(F)(F)F)C[C@H](O)c2ccc(Br)cc2O1. The lowest BCUT2D eigenvalue weighted by Gasteiger charge is -2.38. The fourth-order valence-electron chi connectivity index (χ4n) is 2.51. The van der Waals surface area contributed by atoms with Crippen molar-refractivity contribution in [1.29, 1.82) is 0 Å². The van der Waals surface area contributed by atoms with Gasteiger partial charge in [-0.25, -0.2) is 0 Å². The maximum Gasteiger partial charge on any atom is 0.389 e. The molecule has 1 N–H and O–H groups in total. The molecule has 0 radical (unpaired) electrons. The van der Waals surface area contributed by atoms with Crippen molar-refractivity contribution in [1.82, 2.24) is 0 Å². The summed E-state index contributed by atoms with van der Waals surface area (Å²) in [6, 6.07) is 5.30. The van der Waals surface area contributed by atoms with E-state index in [0.717, 1.165) is 4.47 Å². The molecule has 1 aromatic rings. The Morgan fingerprint density at radius 2 is 2.15 bits per heavy atom. The summed E-state index contributed by atoms with van der Waals surface area (Å²) in [7, 11) is 0. The summed E-state index contributed by atoms with van der Waals surface area (Å²) >= 11 is 3.32. The molecule has 6 heteroatoms. The number of benzene rings is 1. The smallest absolute Gasteiger partial charge is 0.389 e. The lowest BCUT2D eigenvalue weighted by Crippen LogP contribution is -2.38. The molecule has 1 aliphatic heterocycles. The van der Waals surface area contributed by atoms with Gasteiger partial charge in [-0.3, -0.25) is 0 Å². The van der Waals surface area contributed by atoms with Gasteiger partial charge in [0, 0.05) is 22.9 Å². The van der Waals surface area contributed by atoms with Gasteiger partial charge in [0.2, 0.25) is 0 Å². The fourth-order valence-corrected chi connectivity index (χ4v) is 2.85. The van der Waals surface area contributed by atoms with Crippen LogP contribution in [0.25, 0.3) is 0 Å². The van der Waals surface area contributed by atoms with Gasteiger partial charge < -0.3 is 9.84 Å². The van der Waals surface area contributed by atoms with Crippen LogP contribution in [0.1, 0.15) is 44.3 Å². The molecule has 0 bridgehead atoms. The number of halogens is 4. The molecule has 2 atom stereocenters. The van der Waals surface area contributed by atoms with E-state index in [4.69, 9.17) is 4.74 Å². The minimum Gasteiger partial charge on any atom is -0.487 e. The highest BCUT2D eigenvalue weighted by molar-refractivity contribution is 9.10. The average Bonchev–Trinajstić information content (AvgIpc) is 2.25. The molecule has 1 aliphatic rings. The van der Waals surface area contributed by atoms with E-state index in [2.05, 4.69) is 15.9 Å². The summed E-state index contributed by atoms with van der Waals surface area (Å²) in [5, 5.41) is 10.1. The normalized spacial score (nSPS) is 26.0. The maximum atomic E-state index is 12.2. The molecule has 0 saturated heterocycles. The van der Waals surface area contributed by atoms with Crippen molar-refractivity contribution < 1.29 is 23.0 Å². The zero-order valence-corrected chi connectivity index (χ0v) is 12.6. The third-order valence-corrected chi connectivity index (χ3v) is 3.98. The van der Waals surface area contributed by atoms with E-state index in [-0.39, 0.29) is 12.8 Å². The first-order chi connectivity index (χ1) is 9.19. The van der Waals surface area contributed by atoms with Crippen LogP contribution in [0, 0.1) is 0 Å². The van der Waals surface area contributed by atoms with Crippen LogP contribution in [0.2, 0.25) is 0 Å². The number of alkyl halides is 3. The zero-order chi connectivity index (χ0) is 15.0. The van der Waals surface area contributed by atoms with E-state index in [1.165, 1.54) is 0 Å². The van der Waals surface area contributed by atoms with Crippen LogP contribution in [0.3, 0.4) is 0 Å². The molecule has 112 valence electrons. The number of ether oxygens (including phenoxy) is 1. The van der Waals surface area contributed by atoms with Crippen LogP contribution in [-0.4, -0.2) is 16.9 Å². The third kappa shape index (κ3) is 3.88. The summed E-state index contributed by atoms with van der Waals surface area (Å²) in [6.07, 6.45) is -5.12. The number of hydrogen-bond donors (Lipinski definition) is 1. The summed E-state index contributed by atoms with van der Waals surface area (Å²) < 4.78 is 43.3. The van der Waals surface area contributed by atoms with Crippen LogP contribution < -0.4 is 4.74 Å². The van der Waals surface area contributed by atoms with Gasteiger partial charge in [0.1, 0.15) is 11.4 Å². The van der Waals surface area contributed by atoms with Gasteiger partial charge in [0.05, 0.1) is 6.10 Å². The topological polar surface area (TPSA) is 29.5 Å². The second kappa shape index (κ2) is 5.56. The second-order valence-corrected chi connectivity index (χ2v) is 6.34. The van der Waals surface area contributed by atoms with Crippen molar-refractivity contribution >= 4 is 15.9 Å². The number of rotatable bonds is 3. The number of aliphatic hydroxyl groups excluding tert-OH is 1. The molecule has 0 spiro atoms. The first-order valence-corrected chi connectivity index (χ1v) is 7.21. The third-order valence-electron chi connectivity index (χ3n) is 3.48. The highest BCUT2D eigenvalue weighted by Gasteiger charge is 2.37. The Labute approximate surface area is 124 Å². The fraction of sp³-hybridized carbons (Fsp3) is 0.571. The quantitative estimate of drug-likeness (QED) is 0.849. The highest BCUT2D eigenvalue weighted by atomic mass is 79.9. The van der Waals surface area contributed by atoms with Gasteiger partial charge >= 0.3 is 6.18 Å². The van der Waals surface area contributed by atoms with Crippen molar-refractivity contribution in [3.8, 4) is 5.75 Å². The lowest BCUT2D eigenvalue weighted by molar-refractivity contribution is -0.138. The lowest BCUT2D eigenvalue weighted by atomic mass is 9.86. The number of hydrogen-bond acceptors (Lipinski definition) is 2. The molecule has 0 saturated carbocycles. The largest absolute Gasteiger partial charge is 0.487 e. The minimum atomic E-state index is -4.15. The Balaban J connectivity index is 2.08. The molecule has 0 fully saturated rings. The van der Waals surface area contributed by atoms with Crippen LogP contribution in [0.4, 0.5) is 13.2 Å². The van der Waals surface area contributed by atoms with Gasteiger partial charge in [0.25, 0.3) is 0 Å². The second-order valence-electron chi connectivity index (χ2n) is 5.42. The van der Waals surface area contributed by atoms with Crippen molar-refractivity contribution in [2.24, 2.45) is 0 Å². The summed E-state index contributed by atoms with van der Waals surface area (Å²) in [5.41, 5.74) is -0.0835. The zero-order valence-electron chi connectivity index (χ0n) is 11.0. The minimum absolute atomic E-state index is 0.00391. The van der Waals surface area contributed by atoms with E-state index in [1.807, 2.05) is 0 Å². The van der Waals surface area contributed by atoms with Crippen LogP contribution >= 0.6 is 15.9 Å². The number of aliphatic hydroxyl groups is 1. The first-order valence-electron chi connectivity index (χ1n) is 6.42. The summed E-state index contributed by atoms with van der Waals surface area (Å²) in [6.45, 7) is 1.75. The van der Waals surface area contributed by atoms with Gasteiger partial charge in [-0.1, -0.05) is 22.0 Å². The van der Waals surface area contributed by atoms with Gasteiger partial charge in [-0.05, 0) is 31.9 Å². The Bertz CT molecular complexity index is 490. The van der Waals surface area contributed by atoms with Crippen molar-refractivity contribution in [2.45, 2.75) is 50.5 Å². The molecule has 0 aliphatic carbocycles. The standard InChI is InChI=1S/C14H16BrF3O2/c1-13(5-2-6-14(16,17)18)8-11(19)10-4-3-9(15)7-12(10)20-13/h3-4,7,11,19H,2,5-6,8H2,1H3/t11-,13?/m0/s1. The molecule has 1 aromatic carbocycles. The Morgan fingerprint density at radius 3 is 2.80 bits per heavy atom. The van der Waals surface area contributed by atoms with Crippen LogP contribution in [0.15, 0.2) is 22.7 Å². The van der Waals surface area contributed by atoms with Crippen LogP contribution in [-0.2, 0) is 0 Å². The van der Waals surface area contributed by atoms with Crippen molar-refractivity contribution in [3.63, 3.8) is 0 Å². The Kier molecular flexibility index (Phi) is 4.35. The highest BCUT2D eigenvalue weighted by Crippen LogP contribution is 2.43. The molecular formula is C14H16BrF3O2. The van der Waals surface area contributed by atoms with E-state index in [1.54, 1.807) is 25.1 Å². The Hall–Kier alpha value is -0.750. The maximum absolute atomic E-state index is 12.2. The van der Waals surface area contributed by atoms with Crippen LogP contribution in [0.5, 0.6) is 5.75 Å². The molecule has 2 nitrogen and oxygen atoms in total. The van der Waals surface area contributed by atoms with E-state index in [9.17, 15) is 18.3 Å². The van der Waals surface area contributed by atoms with Crippen molar-refractivity contribution in [2.75, 3.05) is 0 Å². The Morgan fingerprint density at radius 1 is 1.45 bits per heavy atom.